The molecule has 0 rings (SSSR count). The SMILES string of the molecule is COC(=O)[C@H](C)NCC(N)=O. The van der Waals surface area contributed by atoms with Gasteiger partial charge in [0.25, 0.3) is 0 Å². The van der Waals surface area contributed by atoms with Crippen LogP contribution in [0.3, 0.4) is 0 Å². The highest BCUT2D eigenvalue weighted by atomic mass is 16.5. The van der Waals surface area contributed by atoms with Crippen LogP contribution in [0.2, 0.25) is 0 Å². The molecule has 0 radical (unpaired) electrons. The molecule has 64 valence electrons. The molecule has 1 atom stereocenters. The van der Waals surface area contributed by atoms with E-state index >= 15 is 0 Å². The third-order valence-electron chi connectivity index (χ3n) is 1.14. The minimum absolute atomic E-state index is 0.0176. The molecule has 3 N–H and O–H groups in total. The average Bonchev–Trinajstić information content (AvgIpc) is 1.98. The van der Waals surface area contributed by atoms with Gasteiger partial charge in [-0.2, -0.15) is 0 Å². The van der Waals surface area contributed by atoms with Crippen LogP contribution in [0.4, 0.5) is 0 Å². The number of methoxy groups -OCH3 is 1. The first-order valence-electron chi connectivity index (χ1n) is 3.17. The Labute approximate surface area is 64.9 Å². The van der Waals surface area contributed by atoms with Crippen LogP contribution in [0.15, 0.2) is 0 Å². The molecule has 0 heterocycles. The van der Waals surface area contributed by atoms with Crippen LogP contribution in [0.25, 0.3) is 0 Å². The van der Waals surface area contributed by atoms with E-state index in [1.807, 2.05) is 0 Å². The van der Waals surface area contributed by atoms with Crippen molar-refractivity contribution in [2.24, 2.45) is 5.73 Å². The van der Waals surface area contributed by atoms with Crippen molar-refractivity contribution in [2.45, 2.75) is 13.0 Å². The van der Waals surface area contributed by atoms with E-state index in [2.05, 4.69) is 10.1 Å². The molecule has 0 aromatic rings. The minimum atomic E-state index is -0.499. The summed E-state index contributed by atoms with van der Waals surface area (Å²) in [7, 11) is 1.28. The fourth-order valence-corrected chi connectivity index (χ4v) is 0.514. The predicted octanol–water partition coefficient (Wildman–Crippen LogP) is -1.38. The van der Waals surface area contributed by atoms with Crippen molar-refractivity contribution in [1.29, 1.82) is 0 Å². The van der Waals surface area contributed by atoms with Crippen molar-refractivity contribution < 1.29 is 14.3 Å². The monoisotopic (exact) mass is 160 g/mol. The van der Waals surface area contributed by atoms with Gasteiger partial charge in [0, 0.05) is 0 Å². The van der Waals surface area contributed by atoms with Crippen molar-refractivity contribution >= 4 is 11.9 Å². The Morgan fingerprint density at radius 3 is 2.55 bits per heavy atom. The molecule has 5 nitrogen and oxygen atoms in total. The van der Waals surface area contributed by atoms with E-state index in [4.69, 9.17) is 5.73 Å². The maximum Gasteiger partial charge on any atom is 0.322 e. The van der Waals surface area contributed by atoms with Gasteiger partial charge >= 0.3 is 5.97 Å². The summed E-state index contributed by atoms with van der Waals surface area (Å²) in [5.74, 6) is -0.910. The highest BCUT2D eigenvalue weighted by Gasteiger charge is 2.11. The fourth-order valence-electron chi connectivity index (χ4n) is 0.514. The Bertz CT molecular complexity index is 158. The molecule has 0 saturated heterocycles. The molecule has 11 heavy (non-hydrogen) atoms. The highest BCUT2D eigenvalue weighted by Crippen LogP contribution is 1.83. The highest BCUT2D eigenvalue weighted by molar-refractivity contribution is 5.78. The zero-order valence-corrected chi connectivity index (χ0v) is 6.59. The molecule has 0 aromatic carbocycles. The van der Waals surface area contributed by atoms with Gasteiger partial charge < -0.3 is 10.5 Å². The van der Waals surface area contributed by atoms with E-state index in [9.17, 15) is 9.59 Å². The third-order valence-corrected chi connectivity index (χ3v) is 1.14. The summed E-state index contributed by atoms with van der Waals surface area (Å²) in [6.45, 7) is 1.57. The quantitative estimate of drug-likeness (QED) is 0.497. The summed E-state index contributed by atoms with van der Waals surface area (Å²) in [6, 6.07) is -0.493. The van der Waals surface area contributed by atoms with Crippen molar-refractivity contribution in [2.75, 3.05) is 13.7 Å². The Hall–Kier alpha value is -1.10. The first kappa shape index (κ1) is 9.90. The number of esters is 1. The second-order valence-corrected chi connectivity index (χ2v) is 2.09. The lowest BCUT2D eigenvalue weighted by Crippen LogP contribution is -2.40. The number of nitrogens with two attached hydrogens (primary N) is 1. The third kappa shape index (κ3) is 4.32. The predicted molar refractivity (Wildman–Crippen MR) is 38.7 cm³/mol. The van der Waals surface area contributed by atoms with Gasteiger partial charge in [-0.3, -0.25) is 14.9 Å². The molecule has 0 aliphatic carbocycles. The number of amides is 1. The first-order chi connectivity index (χ1) is 5.07. The Morgan fingerprint density at radius 2 is 2.18 bits per heavy atom. The summed E-state index contributed by atoms with van der Waals surface area (Å²) < 4.78 is 4.39. The van der Waals surface area contributed by atoms with Gasteiger partial charge in [-0.1, -0.05) is 0 Å². The van der Waals surface area contributed by atoms with E-state index in [1.165, 1.54) is 7.11 Å². The lowest BCUT2D eigenvalue weighted by atomic mass is 10.3. The summed E-state index contributed by atoms with van der Waals surface area (Å²) >= 11 is 0. The van der Waals surface area contributed by atoms with Crippen LogP contribution >= 0.6 is 0 Å². The largest absolute Gasteiger partial charge is 0.468 e. The van der Waals surface area contributed by atoms with E-state index in [0.717, 1.165) is 0 Å². The second kappa shape index (κ2) is 4.68. The number of primary amides is 1. The van der Waals surface area contributed by atoms with Gasteiger partial charge in [-0.25, -0.2) is 0 Å². The first-order valence-corrected chi connectivity index (χ1v) is 3.17. The van der Waals surface area contributed by atoms with Gasteiger partial charge in [0.1, 0.15) is 6.04 Å². The van der Waals surface area contributed by atoms with E-state index in [1.54, 1.807) is 6.92 Å². The Kier molecular flexibility index (Phi) is 4.21. The van der Waals surface area contributed by atoms with Crippen LogP contribution in [0.5, 0.6) is 0 Å². The van der Waals surface area contributed by atoms with Gasteiger partial charge in [-0.05, 0) is 6.92 Å². The molecular formula is C6H12N2O3. The molecular weight excluding hydrogens is 148 g/mol. The lowest BCUT2D eigenvalue weighted by Gasteiger charge is -2.08. The van der Waals surface area contributed by atoms with E-state index in [0.29, 0.717) is 0 Å². The maximum atomic E-state index is 10.7. The molecule has 0 unspecified atom stereocenters. The number of ether oxygens (including phenoxy) is 1. The van der Waals surface area contributed by atoms with Crippen molar-refractivity contribution in [1.82, 2.24) is 5.32 Å². The van der Waals surface area contributed by atoms with Crippen molar-refractivity contribution in [3.63, 3.8) is 0 Å². The minimum Gasteiger partial charge on any atom is -0.468 e. The zero-order valence-electron chi connectivity index (χ0n) is 6.59. The van der Waals surface area contributed by atoms with Gasteiger partial charge in [0.15, 0.2) is 0 Å². The number of nitrogens with one attached hydrogen (secondary N) is 1. The molecule has 0 aromatic heterocycles. The molecule has 1 amide bonds. The summed E-state index contributed by atoms with van der Waals surface area (Å²) in [4.78, 5) is 20.9. The maximum absolute atomic E-state index is 10.7. The molecule has 5 heteroatoms. The molecule has 0 bridgehead atoms. The number of carbonyl (C=O) groups excluding carboxylic acids is 2. The summed E-state index contributed by atoms with van der Waals surface area (Å²) in [5, 5.41) is 2.58. The normalized spacial score (nSPS) is 12.2. The molecule has 0 fully saturated rings. The number of hydrogen-bond acceptors (Lipinski definition) is 4. The summed E-state index contributed by atoms with van der Waals surface area (Å²) in [6.07, 6.45) is 0. The zero-order chi connectivity index (χ0) is 8.85. The smallest absolute Gasteiger partial charge is 0.322 e. The van der Waals surface area contributed by atoms with Gasteiger partial charge in [0.2, 0.25) is 5.91 Å². The summed E-state index contributed by atoms with van der Waals surface area (Å²) in [5.41, 5.74) is 4.83. The topological polar surface area (TPSA) is 81.4 Å². The molecule has 0 aliphatic heterocycles. The van der Waals surface area contributed by atoms with E-state index < -0.39 is 17.9 Å². The lowest BCUT2D eigenvalue weighted by molar-refractivity contribution is -0.142. The molecule has 0 saturated carbocycles. The van der Waals surface area contributed by atoms with Crippen LogP contribution < -0.4 is 11.1 Å². The van der Waals surface area contributed by atoms with Crippen molar-refractivity contribution in [3.8, 4) is 0 Å². The van der Waals surface area contributed by atoms with E-state index in [-0.39, 0.29) is 6.54 Å². The van der Waals surface area contributed by atoms with Crippen LogP contribution in [0.1, 0.15) is 6.92 Å². The van der Waals surface area contributed by atoms with Crippen LogP contribution in [-0.2, 0) is 14.3 Å². The number of carbonyl (C=O) groups is 2. The molecule has 0 aliphatic rings. The van der Waals surface area contributed by atoms with Crippen molar-refractivity contribution in [3.05, 3.63) is 0 Å². The second-order valence-electron chi connectivity index (χ2n) is 2.09. The van der Waals surface area contributed by atoms with Gasteiger partial charge in [-0.15, -0.1) is 0 Å². The standard InChI is InChI=1S/C6H12N2O3/c1-4(6(10)11-2)8-3-5(7)9/h4,8H,3H2,1-2H3,(H2,7,9)/t4-/m0/s1. The molecule has 0 spiro atoms. The Balaban J connectivity index is 3.60. The Morgan fingerprint density at radius 1 is 1.64 bits per heavy atom. The number of hydrogen-bond donors (Lipinski definition) is 2. The number of rotatable bonds is 4. The fraction of sp³-hybridized carbons (Fsp3) is 0.667. The average molecular weight is 160 g/mol. The van der Waals surface area contributed by atoms with Crippen LogP contribution in [-0.4, -0.2) is 31.6 Å². The van der Waals surface area contributed by atoms with Crippen LogP contribution in [0, 0.1) is 0 Å². The van der Waals surface area contributed by atoms with Gasteiger partial charge in [0.05, 0.1) is 13.7 Å².